The number of benzene rings is 1. The van der Waals surface area contributed by atoms with Gasteiger partial charge >= 0.3 is 0 Å². The van der Waals surface area contributed by atoms with E-state index in [0.717, 1.165) is 28.9 Å². The van der Waals surface area contributed by atoms with Crippen LogP contribution in [-0.2, 0) is 6.54 Å². The maximum atomic E-state index is 10.8. The fourth-order valence-corrected chi connectivity index (χ4v) is 4.51. The van der Waals surface area contributed by atoms with E-state index in [1.165, 1.54) is 10.5 Å². The van der Waals surface area contributed by atoms with Crippen LogP contribution in [0.5, 0.6) is 0 Å². The highest BCUT2D eigenvalue weighted by molar-refractivity contribution is 9.10. The van der Waals surface area contributed by atoms with E-state index < -0.39 is 6.10 Å². The molecule has 2 atom stereocenters. The summed E-state index contributed by atoms with van der Waals surface area (Å²) >= 11 is 5.35. The predicted octanol–water partition coefficient (Wildman–Crippen LogP) is 3.98. The van der Waals surface area contributed by atoms with E-state index in [1.54, 1.807) is 6.20 Å². The van der Waals surface area contributed by atoms with Gasteiger partial charge in [0.25, 0.3) is 0 Å². The molecule has 20 heavy (non-hydrogen) atoms. The summed E-state index contributed by atoms with van der Waals surface area (Å²) in [5, 5.41) is 15.2. The van der Waals surface area contributed by atoms with Gasteiger partial charge in [-0.2, -0.15) is 5.10 Å². The molecule has 0 radical (unpaired) electrons. The summed E-state index contributed by atoms with van der Waals surface area (Å²) in [4.78, 5) is 1.29. The van der Waals surface area contributed by atoms with Crippen LogP contribution in [0.25, 0.3) is 0 Å². The molecule has 0 fully saturated rings. The molecule has 0 bridgehead atoms. The number of hydrogen-bond donors (Lipinski definition) is 1. The second kappa shape index (κ2) is 5.92. The first kappa shape index (κ1) is 14.2. The van der Waals surface area contributed by atoms with Crippen molar-refractivity contribution in [2.45, 2.75) is 36.8 Å². The zero-order chi connectivity index (χ0) is 14.1. The number of nitrogens with zero attached hydrogens (tertiary/aromatic N) is 2. The second-order valence-electron chi connectivity index (χ2n) is 5.00. The summed E-state index contributed by atoms with van der Waals surface area (Å²) in [5.41, 5.74) is 2.15. The Morgan fingerprint density at radius 1 is 1.50 bits per heavy atom. The molecule has 1 aliphatic heterocycles. The molecule has 0 saturated heterocycles. The number of aliphatic hydroxyl groups excluding tert-OH is 1. The number of thioether (sulfide) groups is 1. The van der Waals surface area contributed by atoms with Gasteiger partial charge in [-0.1, -0.05) is 25.1 Å². The number of hydrogen-bond acceptors (Lipinski definition) is 3. The molecule has 0 spiro atoms. The standard InChI is InChI=1S/C15H17BrN2OS/c1-2-7-18-14(12(16)8-17-18)15(19)11-9-20-13-6-4-3-5-10(11)13/h3-6,8,11,15,19H,2,7,9H2,1H3. The lowest BCUT2D eigenvalue weighted by Gasteiger charge is -2.20. The average Bonchev–Trinajstić information content (AvgIpc) is 3.03. The van der Waals surface area contributed by atoms with Crippen molar-refractivity contribution >= 4 is 27.7 Å². The third kappa shape index (κ3) is 2.43. The van der Waals surface area contributed by atoms with Crippen LogP contribution >= 0.6 is 27.7 Å². The highest BCUT2D eigenvalue weighted by Gasteiger charge is 2.33. The molecule has 0 saturated carbocycles. The fraction of sp³-hybridized carbons (Fsp3) is 0.400. The van der Waals surface area contributed by atoms with Crippen LogP contribution < -0.4 is 0 Å². The first-order valence-electron chi connectivity index (χ1n) is 6.83. The molecular weight excluding hydrogens is 336 g/mol. The van der Waals surface area contributed by atoms with Crippen molar-refractivity contribution in [2.24, 2.45) is 0 Å². The smallest absolute Gasteiger partial charge is 0.104 e. The number of rotatable bonds is 4. The molecule has 5 heteroatoms. The van der Waals surface area contributed by atoms with E-state index in [0.29, 0.717) is 0 Å². The van der Waals surface area contributed by atoms with Crippen molar-refractivity contribution in [3.8, 4) is 0 Å². The lowest BCUT2D eigenvalue weighted by atomic mass is 9.93. The van der Waals surface area contributed by atoms with Gasteiger partial charge in [-0.25, -0.2) is 0 Å². The Hall–Kier alpha value is -0.780. The maximum absolute atomic E-state index is 10.8. The third-order valence-corrected chi connectivity index (χ3v) is 5.49. The SMILES string of the molecule is CCCn1ncc(Br)c1C(O)C1CSc2ccccc21. The minimum atomic E-state index is -0.519. The second-order valence-corrected chi connectivity index (χ2v) is 6.92. The fourth-order valence-electron chi connectivity index (χ4n) is 2.70. The van der Waals surface area contributed by atoms with E-state index >= 15 is 0 Å². The number of fused-ring (bicyclic) bond motifs is 1. The van der Waals surface area contributed by atoms with Gasteiger partial charge in [0.05, 0.1) is 16.4 Å². The van der Waals surface area contributed by atoms with Crippen molar-refractivity contribution < 1.29 is 5.11 Å². The Bertz CT molecular complexity index is 614. The van der Waals surface area contributed by atoms with Gasteiger partial charge < -0.3 is 5.11 Å². The molecular formula is C15H17BrN2OS. The highest BCUT2D eigenvalue weighted by Crippen LogP contribution is 2.46. The van der Waals surface area contributed by atoms with Gasteiger partial charge in [0.1, 0.15) is 6.10 Å². The zero-order valence-corrected chi connectivity index (χ0v) is 13.7. The first-order chi connectivity index (χ1) is 9.72. The van der Waals surface area contributed by atoms with E-state index in [1.807, 2.05) is 22.5 Å². The Morgan fingerprint density at radius 3 is 3.10 bits per heavy atom. The van der Waals surface area contributed by atoms with Gasteiger partial charge in [0, 0.05) is 23.1 Å². The summed E-state index contributed by atoms with van der Waals surface area (Å²) in [7, 11) is 0. The Labute approximate surface area is 131 Å². The van der Waals surface area contributed by atoms with E-state index in [4.69, 9.17) is 0 Å². The van der Waals surface area contributed by atoms with Crippen LogP contribution in [0.2, 0.25) is 0 Å². The number of aryl methyl sites for hydroxylation is 1. The van der Waals surface area contributed by atoms with Crippen molar-refractivity contribution in [1.29, 1.82) is 0 Å². The summed E-state index contributed by atoms with van der Waals surface area (Å²) in [6, 6.07) is 8.35. The van der Waals surface area contributed by atoms with Crippen LogP contribution in [0.3, 0.4) is 0 Å². The minimum Gasteiger partial charge on any atom is -0.386 e. The molecule has 1 aromatic heterocycles. The molecule has 2 aromatic rings. The summed E-state index contributed by atoms with van der Waals surface area (Å²) < 4.78 is 2.81. The largest absolute Gasteiger partial charge is 0.386 e. The normalized spacial score (nSPS) is 19.1. The molecule has 2 unspecified atom stereocenters. The minimum absolute atomic E-state index is 0.139. The molecule has 1 aromatic carbocycles. The summed E-state index contributed by atoms with van der Waals surface area (Å²) in [6.07, 6.45) is 2.26. The number of halogens is 1. The van der Waals surface area contributed by atoms with Crippen LogP contribution in [0.4, 0.5) is 0 Å². The average molecular weight is 353 g/mol. The Morgan fingerprint density at radius 2 is 2.30 bits per heavy atom. The van der Waals surface area contributed by atoms with Crippen molar-refractivity contribution in [3.05, 3.63) is 46.2 Å². The number of aliphatic hydroxyl groups is 1. The van der Waals surface area contributed by atoms with Crippen LogP contribution in [0.1, 0.15) is 36.6 Å². The molecule has 0 amide bonds. The molecule has 3 rings (SSSR count). The van der Waals surface area contributed by atoms with Gasteiger partial charge in [0.2, 0.25) is 0 Å². The predicted molar refractivity (Wildman–Crippen MR) is 85.1 cm³/mol. The summed E-state index contributed by atoms with van der Waals surface area (Å²) in [6.45, 7) is 2.95. The molecule has 0 aliphatic carbocycles. The van der Waals surface area contributed by atoms with Gasteiger partial charge in [-0.3, -0.25) is 4.68 Å². The lowest BCUT2D eigenvalue weighted by molar-refractivity contribution is 0.142. The van der Waals surface area contributed by atoms with E-state index in [9.17, 15) is 5.11 Å². The maximum Gasteiger partial charge on any atom is 0.104 e. The van der Waals surface area contributed by atoms with E-state index in [-0.39, 0.29) is 5.92 Å². The molecule has 106 valence electrons. The van der Waals surface area contributed by atoms with Crippen molar-refractivity contribution in [3.63, 3.8) is 0 Å². The van der Waals surface area contributed by atoms with Crippen LogP contribution in [0, 0.1) is 0 Å². The molecule has 1 N–H and O–H groups in total. The van der Waals surface area contributed by atoms with Crippen LogP contribution in [-0.4, -0.2) is 20.6 Å². The Kier molecular flexibility index (Phi) is 4.19. The van der Waals surface area contributed by atoms with Gasteiger partial charge in [-0.05, 0) is 34.0 Å². The highest BCUT2D eigenvalue weighted by atomic mass is 79.9. The van der Waals surface area contributed by atoms with E-state index in [2.05, 4.69) is 46.2 Å². The molecule has 3 nitrogen and oxygen atoms in total. The number of aromatic nitrogens is 2. The van der Waals surface area contributed by atoms with Crippen LogP contribution in [0.15, 0.2) is 39.8 Å². The molecule has 1 aliphatic rings. The van der Waals surface area contributed by atoms with Crippen molar-refractivity contribution in [2.75, 3.05) is 5.75 Å². The van der Waals surface area contributed by atoms with Gasteiger partial charge in [0.15, 0.2) is 0 Å². The quantitative estimate of drug-likeness (QED) is 0.904. The zero-order valence-electron chi connectivity index (χ0n) is 11.3. The first-order valence-corrected chi connectivity index (χ1v) is 8.61. The van der Waals surface area contributed by atoms with Crippen molar-refractivity contribution in [1.82, 2.24) is 9.78 Å². The Balaban J connectivity index is 1.94. The van der Waals surface area contributed by atoms with Gasteiger partial charge in [-0.15, -0.1) is 11.8 Å². The molecule has 2 heterocycles. The summed E-state index contributed by atoms with van der Waals surface area (Å²) in [5.74, 6) is 1.06. The third-order valence-electron chi connectivity index (χ3n) is 3.67. The monoisotopic (exact) mass is 352 g/mol. The topological polar surface area (TPSA) is 38.0 Å². The lowest BCUT2D eigenvalue weighted by Crippen LogP contribution is -2.16.